The highest BCUT2D eigenvalue weighted by Gasteiger charge is 2.35. The Morgan fingerprint density at radius 2 is 1.86 bits per heavy atom. The zero-order valence-electron chi connectivity index (χ0n) is 12.8. The molecule has 0 aliphatic carbocycles. The number of anilines is 1. The van der Waals surface area contributed by atoms with E-state index in [0.29, 0.717) is 28.8 Å². The first kappa shape index (κ1) is 18.3. The summed E-state index contributed by atoms with van der Waals surface area (Å²) in [6, 6.07) is 1.77. The van der Waals surface area contributed by atoms with Crippen LogP contribution in [0.1, 0.15) is 35.1 Å². The molecule has 0 amide bonds. The van der Waals surface area contributed by atoms with Crippen molar-refractivity contribution in [1.29, 1.82) is 0 Å². The van der Waals surface area contributed by atoms with Crippen LogP contribution >= 0.6 is 11.8 Å². The van der Waals surface area contributed by atoms with E-state index in [1.54, 1.807) is 26.2 Å². The number of nitrogens with two attached hydrogens (primary N) is 1. The van der Waals surface area contributed by atoms with Crippen molar-refractivity contribution in [2.24, 2.45) is 0 Å². The summed E-state index contributed by atoms with van der Waals surface area (Å²) >= 11 is 1.02. The highest BCUT2D eigenvalue weighted by Crippen LogP contribution is 2.42. The van der Waals surface area contributed by atoms with Crippen molar-refractivity contribution in [2.45, 2.75) is 38.0 Å². The molecule has 1 aromatic rings. The number of hydrogen-bond acceptors (Lipinski definition) is 5. The molecule has 1 rings (SSSR count). The second-order valence-electron chi connectivity index (χ2n) is 5.22. The highest BCUT2D eigenvalue weighted by atomic mass is 32.2. The van der Waals surface area contributed by atoms with E-state index >= 15 is 0 Å². The van der Waals surface area contributed by atoms with E-state index in [1.165, 1.54) is 0 Å². The molecular weight excluding hydrogens is 306 g/mol. The molecule has 0 aromatic heterocycles. The van der Waals surface area contributed by atoms with Gasteiger partial charge in [-0.3, -0.25) is 9.59 Å². The number of nitrogen functional groups attached to an aromatic ring is 1. The number of carboxylic acids is 2. The van der Waals surface area contributed by atoms with Crippen LogP contribution in [-0.2, 0) is 20.9 Å². The van der Waals surface area contributed by atoms with Gasteiger partial charge in [-0.2, -0.15) is 0 Å². The summed E-state index contributed by atoms with van der Waals surface area (Å²) in [5.74, 6) is -2.02. The Morgan fingerprint density at radius 1 is 1.27 bits per heavy atom. The first-order chi connectivity index (χ1) is 10.1. The fraction of sp³-hybridized carbons (Fsp3) is 0.467. The zero-order valence-corrected chi connectivity index (χ0v) is 13.7. The van der Waals surface area contributed by atoms with Crippen LogP contribution in [0.4, 0.5) is 5.69 Å². The summed E-state index contributed by atoms with van der Waals surface area (Å²) in [6.07, 6.45) is 1.48. The molecule has 0 heterocycles. The van der Waals surface area contributed by atoms with Gasteiger partial charge in [0.25, 0.3) is 0 Å². The van der Waals surface area contributed by atoms with Gasteiger partial charge in [-0.15, -0.1) is 11.8 Å². The molecule has 0 bridgehead atoms. The Morgan fingerprint density at radius 3 is 2.32 bits per heavy atom. The summed E-state index contributed by atoms with van der Waals surface area (Å²) in [7, 11) is 0. The fourth-order valence-electron chi connectivity index (χ4n) is 2.50. The zero-order chi connectivity index (χ0) is 17.1. The van der Waals surface area contributed by atoms with Crippen LogP contribution < -0.4 is 5.73 Å². The standard InChI is InChI=1S/C15H21NO5S/c1-8-6-10(4-5-11(17)18)9(2)14(16)13(8)15(21,22-3)7-12(19)20/h6,21H,4-5,7,16H2,1-3H3,(H,17,18)(H,19,20). The summed E-state index contributed by atoms with van der Waals surface area (Å²) in [4.78, 5) is 20.1. The lowest BCUT2D eigenvalue weighted by Crippen LogP contribution is -2.28. The maximum Gasteiger partial charge on any atom is 0.307 e. The number of aliphatic hydroxyl groups is 1. The first-order valence-electron chi connectivity index (χ1n) is 6.72. The van der Waals surface area contributed by atoms with Gasteiger partial charge in [0.05, 0.1) is 6.42 Å². The lowest BCUT2D eigenvalue weighted by atomic mass is 9.90. The van der Waals surface area contributed by atoms with E-state index < -0.39 is 23.3 Å². The molecule has 0 saturated carbocycles. The number of carboxylic acid groups (broad SMARTS) is 2. The number of hydrogen-bond donors (Lipinski definition) is 4. The van der Waals surface area contributed by atoms with Crippen molar-refractivity contribution >= 4 is 29.4 Å². The van der Waals surface area contributed by atoms with Gasteiger partial charge in [0.15, 0.2) is 0 Å². The Labute approximate surface area is 133 Å². The Kier molecular flexibility index (Phi) is 5.85. The molecule has 0 radical (unpaired) electrons. The average molecular weight is 327 g/mol. The number of rotatable bonds is 7. The van der Waals surface area contributed by atoms with Crippen molar-refractivity contribution in [3.05, 3.63) is 28.3 Å². The molecule has 0 spiro atoms. The molecule has 0 saturated heterocycles. The molecule has 122 valence electrons. The van der Waals surface area contributed by atoms with E-state index in [0.717, 1.165) is 17.3 Å². The summed E-state index contributed by atoms with van der Waals surface area (Å²) in [5.41, 5.74) is 8.95. The molecule has 1 atom stereocenters. The molecular formula is C15H21NO5S. The first-order valence-corrected chi connectivity index (χ1v) is 7.95. The number of thioether (sulfide) groups is 1. The second kappa shape index (κ2) is 7.02. The normalized spacial score (nSPS) is 13.6. The number of aliphatic carboxylic acids is 2. The molecule has 0 aliphatic heterocycles. The van der Waals surface area contributed by atoms with Crippen molar-refractivity contribution < 1.29 is 24.9 Å². The van der Waals surface area contributed by atoms with Gasteiger partial charge >= 0.3 is 11.9 Å². The highest BCUT2D eigenvalue weighted by molar-refractivity contribution is 7.99. The smallest absolute Gasteiger partial charge is 0.307 e. The van der Waals surface area contributed by atoms with Crippen LogP contribution in [0.25, 0.3) is 0 Å². The minimum absolute atomic E-state index is 0.0129. The molecule has 22 heavy (non-hydrogen) atoms. The van der Waals surface area contributed by atoms with E-state index in [4.69, 9.17) is 15.9 Å². The summed E-state index contributed by atoms with van der Waals surface area (Å²) in [6.45, 7) is 3.48. The number of benzene rings is 1. The summed E-state index contributed by atoms with van der Waals surface area (Å²) in [5, 5.41) is 28.5. The van der Waals surface area contributed by atoms with E-state index in [-0.39, 0.29) is 6.42 Å². The van der Waals surface area contributed by atoms with Crippen molar-refractivity contribution in [3.8, 4) is 0 Å². The van der Waals surface area contributed by atoms with Crippen LogP contribution in [0.3, 0.4) is 0 Å². The molecule has 0 fully saturated rings. The second-order valence-corrected chi connectivity index (χ2v) is 6.30. The van der Waals surface area contributed by atoms with Crippen molar-refractivity contribution in [2.75, 3.05) is 12.0 Å². The topological polar surface area (TPSA) is 121 Å². The maximum atomic E-state index is 11.0. The average Bonchev–Trinajstić information content (AvgIpc) is 2.40. The maximum absolute atomic E-state index is 11.0. The Bertz CT molecular complexity index is 602. The van der Waals surface area contributed by atoms with E-state index in [9.17, 15) is 14.7 Å². The Hall–Kier alpha value is -1.73. The van der Waals surface area contributed by atoms with Crippen LogP contribution in [0, 0.1) is 13.8 Å². The van der Waals surface area contributed by atoms with Crippen molar-refractivity contribution in [1.82, 2.24) is 0 Å². The van der Waals surface area contributed by atoms with Gasteiger partial charge in [0.2, 0.25) is 0 Å². The predicted octanol–water partition coefficient (Wildman–Crippen LogP) is 1.89. The monoisotopic (exact) mass is 327 g/mol. The fourth-order valence-corrected chi connectivity index (χ4v) is 3.24. The largest absolute Gasteiger partial charge is 0.481 e. The number of aryl methyl sites for hydroxylation is 2. The molecule has 7 heteroatoms. The van der Waals surface area contributed by atoms with Crippen LogP contribution in [0.15, 0.2) is 6.07 Å². The minimum atomic E-state index is -1.61. The lowest BCUT2D eigenvalue weighted by molar-refractivity contribution is -0.140. The number of carbonyl (C=O) groups is 2. The van der Waals surface area contributed by atoms with E-state index in [2.05, 4.69) is 0 Å². The molecule has 5 N–H and O–H groups in total. The van der Waals surface area contributed by atoms with Crippen LogP contribution in [-0.4, -0.2) is 33.5 Å². The van der Waals surface area contributed by atoms with Gasteiger partial charge in [0, 0.05) is 17.7 Å². The molecule has 1 unspecified atom stereocenters. The summed E-state index contributed by atoms with van der Waals surface area (Å²) < 4.78 is 0. The molecule has 1 aromatic carbocycles. The quantitative estimate of drug-likeness (QED) is 0.445. The van der Waals surface area contributed by atoms with Crippen LogP contribution in [0.2, 0.25) is 0 Å². The minimum Gasteiger partial charge on any atom is -0.481 e. The van der Waals surface area contributed by atoms with Crippen LogP contribution in [0.5, 0.6) is 0 Å². The van der Waals surface area contributed by atoms with Crippen molar-refractivity contribution in [3.63, 3.8) is 0 Å². The molecule has 0 aliphatic rings. The van der Waals surface area contributed by atoms with E-state index in [1.807, 2.05) is 0 Å². The van der Waals surface area contributed by atoms with Gasteiger partial charge in [0.1, 0.15) is 4.93 Å². The van der Waals surface area contributed by atoms with Gasteiger partial charge in [-0.25, -0.2) is 0 Å². The lowest BCUT2D eigenvalue weighted by Gasteiger charge is -2.29. The third kappa shape index (κ3) is 3.92. The van der Waals surface area contributed by atoms with Gasteiger partial charge < -0.3 is 21.1 Å². The van der Waals surface area contributed by atoms with Gasteiger partial charge in [-0.1, -0.05) is 6.07 Å². The Balaban J connectivity index is 3.36. The third-order valence-corrected chi connectivity index (χ3v) is 4.69. The third-order valence-electron chi connectivity index (χ3n) is 3.67. The molecule has 6 nitrogen and oxygen atoms in total. The van der Waals surface area contributed by atoms with Gasteiger partial charge in [-0.05, 0) is 43.2 Å². The predicted molar refractivity (Wildman–Crippen MR) is 85.9 cm³/mol. The SMILES string of the molecule is CSC(O)(CC(=O)O)c1c(C)cc(CCC(=O)O)c(C)c1N.